The fourth-order valence-corrected chi connectivity index (χ4v) is 3.04. The summed E-state index contributed by atoms with van der Waals surface area (Å²) in [5.74, 6) is -4.15. The Morgan fingerprint density at radius 1 is 1.10 bits per heavy atom. The molecule has 114 valence electrons. The van der Waals surface area contributed by atoms with Gasteiger partial charge in [0, 0.05) is 0 Å². The summed E-state index contributed by atoms with van der Waals surface area (Å²) in [7, 11) is -4.36. The highest BCUT2D eigenvalue weighted by atomic mass is 32.2. The third-order valence-corrected chi connectivity index (χ3v) is 4.37. The zero-order valence-electron chi connectivity index (χ0n) is 11.2. The summed E-state index contributed by atoms with van der Waals surface area (Å²) in [6.45, 7) is 3.16. The summed E-state index contributed by atoms with van der Waals surface area (Å²) in [6, 6.07) is 3.61. The molecule has 0 saturated heterocycles. The van der Waals surface area contributed by atoms with Crippen LogP contribution in [0.2, 0.25) is 0 Å². The first-order valence-electron chi connectivity index (χ1n) is 5.94. The molecular formula is C13H12F3NO3S. The molecule has 0 radical (unpaired) electrons. The molecule has 0 aliphatic rings. The van der Waals surface area contributed by atoms with Gasteiger partial charge in [0.25, 0.3) is 0 Å². The number of halogens is 3. The zero-order valence-corrected chi connectivity index (χ0v) is 12.0. The monoisotopic (exact) mass is 319 g/mol. The molecule has 2 aromatic rings. The summed E-state index contributed by atoms with van der Waals surface area (Å²) in [5.41, 5.74) is 0. The summed E-state index contributed by atoms with van der Waals surface area (Å²) in [4.78, 5) is -0.962. The van der Waals surface area contributed by atoms with Gasteiger partial charge >= 0.3 is 0 Å². The Balaban J connectivity index is 2.33. The van der Waals surface area contributed by atoms with E-state index in [1.54, 1.807) is 19.1 Å². The highest BCUT2D eigenvalue weighted by Gasteiger charge is 2.26. The second-order valence-corrected chi connectivity index (χ2v) is 6.15. The molecular weight excluding hydrogens is 307 g/mol. The van der Waals surface area contributed by atoms with Gasteiger partial charge in [-0.3, -0.25) is 0 Å². The van der Waals surface area contributed by atoms with Crippen LogP contribution in [0.1, 0.15) is 24.5 Å². The van der Waals surface area contributed by atoms with Gasteiger partial charge in [0.2, 0.25) is 10.0 Å². The minimum Gasteiger partial charge on any atom is -0.465 e. The predicted octanol–water partition coefficient (Wildman–Crippen LogP) is 3.04. The fourth-order valence-electron chi connectivity index (χ4n) is 1.76. The molecule has 8 heteroatoms. The molecule has 1 N–H and O–H groups in total. The standard InChI is InChI=1S/C13H12F3NO3S/c1-7-3-5-10(20-7)8(2)17-21(18,19)11-6-4-9(14)12(15)13(11)16/h3-6,8,17H,1-2H3. The molecule has 0 bridgehead atoms. The average Bonchev–Trinajstić information content (AvgIpc) is 2.82. The van der Waals surface area contributed by atoms with Gasteiger partial charge in [-0.15, -0.1) is 0 Å². The molecule has 4 nitrogen and oxygen atoms in total. The number of benzene rings is 1. The number of hydrogen-bond acceptors (Lipinski definition) is 3. The van der Waals surface area contributed by atoms with E-state index in [0.29, 0.717) is 23.7 Å². The van der Waals surface area contributed by atoms with E-state index in [2.05, 4.69) is 4.72 Å². The quantitative estimate of drug-likeness (QED) is 0.881. The number of rotatable bonds is 4. The minimum absolute atomic E-state index is 0.319. The van der Waals surface area contributed by atoms with E-state index >= 15 is 0 Å². The van der Waals surface area contributed by atoms with Gasteiger partial charge in [0.1, 0.15) is 16.4 Å². The van der Waals surface area contributed by atoms with Gasteiger partial charge in [0.05, 0.1) is 6.04 Å². The SMILES string of the molecule is Cc1ccc(C(C)NS(=O)(=O)c2ccc(F)c(F)c2F)o1. The number of aryl methyl sites for hydroxylation is 1. The Labute approximate surface area is 119 Å². The molecule has 0 saturated carbocycles. The van der Waals surface area contributed by atoms with Crippen molar-refractivity contribution in [1.82, 2.24) is 4.72 Å². The fraction of sp³-hybridized carbons (Fsp3) is 0.231. The smallest absolute Gasteiger partial charge is 0.244 e. The van der Waals surface area contributed by atoms with Gasteiger partial charge in [0.15, 0.2) is 17.5 Å². The summed E-state index contributed by atoms with van der Waals surface area (Å²) < 4.78 is 70.9. The second kappa shape index (κ2) is 5.53. The molecule has 1 atom stereocenters. The van der Waals surface area contributed by atoms with Crippen molar-refractivity contribution in [3.05, 3.63) is 53.2 Å². The average molecular weight is 319 g/mol. The van der Waals surface area contributed by atoms with Gasteiger partial charge in [-0.25, -0.2) is 26.3 Å². The third kappa shape index (κ3) is 3.11. The maximum atomic E-state index is 13.6. The van der Waals surface area contributed by atoms with Gasteiger partial charge < -0.3 is 4.42 Å². The molecule has 21 heavy (non-hydrogen) atoms. The van der Waals surface area contributed by atoms with Crippen molar-refractivity contribution in [1.29, 1.82) is 0 Å². The Bertz CT molecular complexity index is 771. The van der Waals surface area contributed by atoms with E-state index in [4.69, 9.17) is 4.42 Å². The van der Waals surface area contributed by atoms with E-state index in [-0.39, 0.29) is 0 Å². The van der Waals surface area contributed by atoms with Crippen LogP contribution in [0.15, 0.2) is 33.6 Å². The van der Waals surface area contributed by atoms with Crippen molar-refractivity contribution in [3.8, 4) is 0 Å². The van der Waals surface area contributed by atoms with Crippen LogP contribution in [0.4, 0.5) is 13.2 Å². The highest BCUT2D eigenvalue weighted by Crippen LogP contribution is 2.23. The lowest BCUT2D eigenvalue weighted by molar-refractivity contribution is 0.426. The highest BCUT2D eigenvalue weighted by molar-refractivity contribution is 7.89. The molecule has 2 rings (SSSR count). The molecule has 0 amide bonds. The predicted molar refractivity (Wildman–Crippen MR) is 68.5 cm³/mol. The van der Waals surface area contributed by atoms with Crippen LogP contribution < -0.4 is 4.72 Å². The largest absolute Gasteiger partial charge is 0.465 e. The van der Waals surface area contributed by atoms with Crippen LogP contribution in [0.25, 0.3) is 0 Å². The molecule has 0 spiro atoms. The van der Waals surface area contributed by atoms with E-state index in [0.717, 1.165) is 0 Å². The summed E-state index contributed by atoms with van der Waals surface area (Å²) in [5, 5.41) is 0. The topological polar surface area (TPSA) is 59.3 Å². The third-order valence-electron chi connectivity index (χ3n) is 2.81. The molecule has 1 aromatic heterocycles. The van der Waals surface area contributed by atoms with E-state index in [1.807, 2.05) is 0 Å². The van der Waals surface area contributed by atoms with Gasteiger partial charge in [-0.1, -0.05) is 0 Å². The number of furan rings is 1. The number of nitrogens with one attached hydrogen (secondary N) is 1. The molecule has 1 heterocycles. The number of sulfonamides is 1. The first-order valence-corrected chi connectivity index (χ1v) is 7.43. The minimum atomic E-state index is -4.36. The Morgan fingerprint density at radius 3 is 2.33 bits per heavy atom. The summed E-state index contributed by atoms with van der Waals surface area (Å²) >= 11 is 0. The van der Waals surface area contributed by atoms with Crippen LogP contribution in [-0.2, 0) is 10.0 Å². The molecule has 0 aliphatic heterocycles. The van der Waals surface area contributed by atoms with Gasteiger partial charge in [-0.05, 0) is 38.1 Å². The van der Waals surface area contributed by atoms with Crippen LogP contribution in [0, 0.1) is 24.4 Å². The zero-order chi connectivity index (χ0) is 15.8. The lowest BCUT2D eigenvalue weighted by atomic mass is 10.3. The molecule has 1 unspecified atom stereocenters. The van der Waals surface area contributed by atoms with Crippen molar-refractivity contribution < 1.29 is 26.0 Å². The van der Waals surface area contributed by atoms with E-state index in [9.17, 15) is 21.6 Å². The van der Waals surface area contributed by atoms with Gasteiger partial charge in [-0.2, -0.15) is 0 Å². The Kier molecular flexibility index (Phi) is 4.11. The molecule has 0 fully saturated rings. The second-order valence-electron chi connectivity index (χ2n) is 4.46. The maximum absolute atomic E-state index is 13.6. The first-order chi connectivity index (χ1) is 9.72. The van der Waals surface area contributed by atoms with Crippen molar-refractivity contribution in [2.24, 2.45) is 0 Å². The van der Waals surface area contributed by atoms with Crippen molar-refractivity contribution in [2.45, 2.75) is 24.8 Å². The molecule has 0 aliphatic carbocycles. The van der Waals surface area contributed by atoms with Crippen molar-refractivity contribution in [3.63, 3.8) is 0 Å². The number of hydrogen-bond donors (Lipinski definition) is 1. The van der Waals surface area contributed by atoms with Crippen LogP contribution in [0.3, 0.4) is 0 Å². The van der Waals surface area contributed by atoms with Crippen LogP contribution >= 0.6 is 0 Å². The first kappa shape index (κ1) is 15.6. The van der Waals surface area contributed by atoms with Crippen LogP contribution in [0.5, 0.6) is 0 Å². The Morgan fingerprint density at radius 2 is 1.76 bits per heavy atom. The lowest BCUT2D eigenvalue weighted by Gasteiger charge is -2.13. The van der Waals surface area contributed by atoms with Crippen molar-refractivity contribution >= 4 is 10.0 Å². The van der Waals surface area contributed by atoms with Crippen molar-refractivity contribution in [2.75, 3.05) is 0 Å². The maximum Gasteiger partial charge on any atom is 0.244 e. The van der Waals surface area contributed by atoms with Crippen LogP contribution in [-0.4, -0.2) is 8.42 Å². The lowest BCUT2D eigenvalue weighted by Crippen LogP contribution is -2.27. The molecule has 1 aromatic carbocycles. The van der Waals surface area contributed by atoms with E-state index in [1.165, 1.54) is 6.92 Å². The summed E-state index contributed by atoms with van der Waals surface area (Å²) in [6.07, 6.45) is 0. The Hall–Kier alpha value is -1.80. The normalized spacial score (nSPS) is 13.4. The van der Waals surface area contributed by atoms with E-state index < -0.39 is 38.4 Å².